The molecule has 0 saturated heterocycles. The van der Waals surface area contributed by atoms with Crippen LogP contribution in [-0.2, 0) is 4.74 Å². The fourth-order valence-electron chi connectivity index (χ4n) is 1.95. The third-order valence-corrected chi connectivity index (χ3v) is 3.47. The standard InChI is InChI=1S/C15H19BrN4O/c1-21-8-2-7-18-15(20-17)19-14-6-4-11-9-13(16)5-3-12(11)10-14/h3-6,9-10H,2,7-8,17H2,1H3,(H2,18,19,20). The molecular weight excluding hydrogens is 332 g/mol. The average molecular weight is 351 g/mol. The second kappa shape index (κ2) is 7.97. The van der Waals surface area contributed by atoms with E-state index in [4.69, 9.17) is 10.6 Å². The second-order valence-electron chi connectivity index (χ2n) is 4.55. The maximum Gasteiger partial charge on any atom is 0.210 e. The predicted molar refractivity (Wildman–Crippen MR) is 91.4 cm³/mol. The number of hydrogen-bond donors (Lipinski definition) is 3. The Morgan fingerprint density at radius 2 is 2.00 bits per heavy atom. The summed E-state index contributed by atoms with van der Waals surface area (Å²) in [5.74, 6) is 6.03. The molecule has 0 bridgehead atoms. The van der Waals surface area contributed by atoms with Gasteiger partial charge in [-0.3, -0.25) is 10.4 Å². The number of nitrogens with one attached hydrogen (secondary N) is 2. The van der Waals surface area contributed by atoms with E-state index in [9.17, 15) is 0 Å². The van der Waals surface area contributed by atoms with Crippen molar-refractivity contribution in [1.82, 2.24) is 5.43 Å². The molecule has 0 radical (unpaired) electrons. The molecule has 0 atom stereocenters. The molecule has 0 fully saturated rings. The van der Waals surface area contributed by atoms with E-state index in [1.165, 1.54) is 5.39 Å². The van der Waals surface area contributed by atoms with Gasteiger partial charge in [0.15, 0.2) is 0 Å². The Morgan fingerprint density at radius 1 is 1.24 bits per heavy atom. The van der Waals surface area contributed by atoms with E-state index in [0.717, 1.165) is 22.0 Å². The van der Waals surface area contributed by atoms with E-state index >= 15 is 0 Å². The molecule has 21 heavy (non-hydrogen) atoms. The summed E-state index contributed by atoms with van der Waals surface area (Å²) in [5.41, 5.74) is 3.51. The molecule has 4 N–H and O–H groups in total. The van der Waals surface area contributed by atoms with E-state index in [1.54, 1.807) is 7.11 Å². The molecule has 0 amide bonds. The number of benzene rings is 2. The largest absolute Gasteiger partial charge is 0.385 e. The number of hydrazine groups is 1. The number of rotatable bonds is 5. The summed E-state index contributed by atoms with van der Waals surface area (Å²) >= 11 is 3.47. The van der Waals surface area contributed by atoms with Crippen molar-refractivity contribution < 1.29 is 4.74 Å². The number of anilines is 1. The van der Waals surface area contributed by atoms with Crippen LogP contribution >= 0.6 is 15.9 Å². The smallest absolute Gasteiger partial charge is 0.210 e. The summed E-state index contributed by atoms with van der Waals surface area (Å²) in [7, 11) is 1.68. The van der Waals surface area contributed by atoms with Crippen molar-refractivity contribution >= 4 is 38.3 Å². The Kier molecular flexibility index (Phi) is 5.98. The minimum Gasteiger partial charge on any atom is -0.385 e. The molecule has 2 aromatic rings. The summed E-state index contributed by atoms with van der Waals surface area (Å²) < 4.78 is 6.06. The molecule has 0 unspecified atom stereocenters. The van der Waals surface area contributed by atoms with E-state index in [2.05, 4.69) is 55.9 Å². The van der Waals surface area contributed by atoms with Crippen molar-refractivity contribution in [1.29, 1.82) is 0 Å². The average Bonchev–Trinajstić information content (AvgIpc) is 2.50. The summed E-state index contributed by atoms with van der Waals surface area (Å²) in [5, 5.41) is 5.50. The molecule has 0 aromatic heterocycles. The lowest BCUT2D eigenvalue weighted by atomic mass is 10.1. The maximum atomic E-state index is 5.49. The molecule has 0 aliphatic rings. The van der Waals surface area contributed by atoms with Crippen LogP contribution in [0.5, 0.6) is 0 Å². The zero-order chi connectivity index (χ0) is 15.1. The fraction of sp³-hybridized carbons (Fsp3) is 0.267. The zero-order valence-electron chi connectivity index (χ0n) is 11.9. The number of halogens is 1. The van der Waals surface area contributed by atoms with Crippen molar-refractivity contribution in [2.24, 2.45) is 10.8 Å². The SMILES string of the molecule is COCCCN=C(NN)Nc1ccc2cc(Br)ccc2c1. The summed E-state index contributed by atoms with van der Waals surface area (Å²) in [6.45, 7) is 1.34. The topological polar surface area (TPSA) is 71.7 Å². The minimum atomic E-state index is 0.544. The van der Waals surface area contributed by atoms with Crippen LogP contribution in [0, 0.1) is 0 Å². The quantitative estimate of drug-likeness (QED) is 0.255. The van der Waals surface area contributed by atoms with Crippen LogP contribution in [0.3, 0.4) is 0 Å². The predicted octanol–water partition coefficient (Wildman–Crippen LogP) is 2.87. The van der Waals surface area contributed by atoms with Gasteiger partial charge in [-0.15, -0.1) is 0 Å². The zero-order valence-corrected chi connectivity index (χ0v) is 13.5. The first kappa shape index (κ1) is 15.8. The Labute approximate surface area is 132 Å². The molecule has 0 heterocycles. The Hall–Kier alpha value is -1.63. The summed E-state index contributed by atoms with van der Waals surface area (Å²) in [6.07, 6.45) is 0.856. The van der Waals surface area contributed by atoms with Gasteiger partial charge in [-0.05, 0) is 41.5 Å². The van der Waals surface area contributed by atoms with Crippen molar-refractivity contribution in [3.63, 3.8) is 0 Å². The van der Waals surface area contributed by atoms with Crippen LogP contribution in [0.2, 0.25) is 0 Å². The number of guanidine groups is 1. The van der Waals surface area contributed by atoms with Gasteiger partial charge in [-0.1, -0.05) is 28.1 Å². The van der Waals surface area contributed by atoms with Gasteiger partial charge >= 0.3 is 0 Å². The first-order valence-electron chi connectivity index (χ1n) is 6.69. The lowest BCUT2D eigenvalue weighted by Crippen LogP contribution is -2.36. The summed E-state index contributed by atoms with van der Waals surface area (Å²) in [6, 6.07) is 12.3. The number of fused-ring (bicyclic) bond motifs is 1. The normalized spacial score (nSPS) is 11.7. The first-order chi connectivity index (χ1) is 10.2. The summed E-state index contributed by atoms with van der Waals surface area (Å²) in [4.78, 5) is 4.35. The van der Waals surface area contributed by atoms with E-state index in [-0.39, 0.29) is 0 Å². The highest BCUT2D eigenvalue weighted by Crippen LogP contribution is 2.22. The third kappa shape index (κ3) is 4.70. The second-order valence-corrected chi connectivity index (χ2v) is 5.47. The number of nitrogens with zero attached hydrogens (tertiary/aromatic N) is 1. The highest BCUT2D eigenvalue weighted by molar-refractivity contribution is 9.10. The van der Waals surface area contributed by atoms with Gasteiger partial charge in [-0.25, -0.2) is 5.84 Å². The van der Waals surface area contributed by atoms with Gasteiger partial charge in [0.1, 0.15) is 0 Å². The van der Waals surface area contributed by atoms with Crippen LogP contribution in [-0.4, -0.2) is 26.2 Å². The van der Waals surface area contributed by atoms with Gasteiger partial charge in [0.2, 0.25) is 5.96 Å². The van der Waals surface area contributed by atoms with E-state index < -0.39 is 0 Å². The van der Waals surface area contributed by atoms with Crippen molar-refractivity contribution in [3.05, 3.63) is 40.9 Å². The Balaban J connectivity index is 2.08. The monoisotopic (exact) mass is 350 g/mol. The lowest BCUT2D eigenvalue weighted by Gasteiger charge is -2.10. The molecule has 2 rings (SSSR count). The molecule has 0 aliphatic heterocycles. The molecular formula is C15H19BrN4O. The fourth-order valence-corrected chi connectivity index (χ4v) is 2.33. The lowest BCUT2D eigenvalue weighted by molar-refractivity contribution is 0.197. The molecule has 6 heteroatoms. The van der Waals surface area contributed by atoms with E-state index in [0.29, 0.717) is 19.1 Å². The Morgan fingerprint density at radius 3 is 2.76 bits per heavy atom. The van der Waals surface area contributed by atoms with Crippen molar-refractivity contribution in [3.8, 4) is 0 Å². The highest BCUT2D eigenvalue weighted by Gasteiger charge is 2.00. The number of hydrogen-bond acceptors (Lipinski definition) is 3. The van der Waals surface area contributed by atoms with Crippen LogP contribution < -0.4 is 16.6 Å². The van der Waals surface area contributed by atoms with Crippen LogP contribution in [0.1, 0.15) is 6.42 Å². The van der Waals surface area contributed by atoms with Gasteiger partial charge in [0.25, 0.3) is 0 Å². The molecule has 112 valence electrons. The Bertz CT molecular complexity index is 630. The first-order valence-corrected chi connectivity index (χ1v) is 7.48. The van der Waals surface area contributed by atoms with Crippen molar-refractivity contribution in [2.45, 2.75) is 6.42 Å². The van der Waals surface area contributed by atoms with Crippen LogP contribution in [0.4, 0.5) is 5.69 Å². The van der Waals surface area contributed by atoms with E-state index in [1.807, 2.05) is 12.1 Å². The molecule has 2 aromatic carbocycles. The number of aliphatic imine (C=N–C) groups is 1. The molecule has 0 aliphatic carbocycles. The van der Waals surface area contributed by atoms with Gasteiger partial charge in [0.05, 0.1) is 0 Å². The number of nitrogens with two attached hydrogens (primary N) is 1. The third-order valence-electron chi connectivity index (χ3n) is 2.98. The number of methoxy groups -OCH3 is 1. The minimum absolute atomic E-state index is 0.544. The van der Waals surface area contributed by atoms with Crippen LogP contribution in [0.15, 0.2) is 45.9 Å². The van der Waals surface area contributed by atoms with Gasteiger partial charge in [0, 0.05) is 30.4 Å². The molecule has 0 spiro atoms. The van der Waals surface area contributed by atoms with Gasteiger partial charge < -0.3 is 10.1 Å². The molecule has 0 saturated carbocycles. The molecule has 5 nitrogen and oxygen atoms in total. The maximum absolute atomic E-state index is 5.49. The van der Waals surface area contributed by atoms with Gasteiger partial charge in [-0.2, -0.15) is 0 Å². The number of ether oxygens (including phenoxy) is 1. The van der Waals surface area contributed by atoms with Crippen LogP contribution in [0.25, 0.3) is 10.8 Å². The van der Waals surface area contributed by atoms with Crippen molar-refractivity contribution in [2.75, 3.05) is 25.6 Å². The highest BCUT2D eigenvalue weighted by atomic mass is 79.9.